The fourth-order valence-corrected chi connectivity index (χ4v) is 3.54. The second kappa shape index (κ2) is 6.31. The molecule has 28 heavy (non-hydrogen) atoms. The number of fused-ring (bicyclic) bond motifs is 2. The van der Waals surface area contributed by atoms with Crippen molar-refractivity contribution in [3.8, 4) is 11.3 Å². The van der Waals surface area contributed by atoms with Gasteiger partial charge in [0.2, 0.25) is 0 Å². The standard InChI is InChI=1S/C20H14ClN5O2/c1-12-22-20-23-16-8-9-25(11-13-5-4-10-28-13)19(27)17(16)18(26(20)24-12)14-6-2-3-7-15(14)21/h2-10H,11H2,1H3. The molecule has 138 valence electrons. The maximum atomic E-state index is 13.4. The zero-order chi connectivity index (χ0) is 19.3. The summed E-state index contributed by atoms with van der Waals surface area (Å²) in [7, 11) is 0. The second-order valence-corrected chi connectivity index (χ2v) is 6.81. The quantitative estimate of drug-likeness (QED) is 0.468. The lowest BCUT2D eigenvalue weighted by molar-refractivity contribution is 0.490. The SMILES string of the molecule is Cc1nc2nc3ccn(Cc4ccco4)c(=O)c3c(-c3ccccc3Cl)n2n1. The number of hydrogen-bond donors (Lipinski definition) is 0. The van der Waals surface area contributed by atoms with Crippen molar-refractivity contribution in [1.29, 1.82) is 0 Å². The van der Waals surface area contributed by atoms with E-state index in [0.29, 0.717) is 51.1 Å². The molecule has 0 aliphatic heterocycles. The summed E-state index contributed by atoms with van der Waals surface area (Å²) in [5.41, 5.74) is 1.60. The van der Waals surface area contributed by atoms with Gasteiger partial charge in [-0.05, 0) is 31.2 Å². The van der Waals surface area contributed by atoms with Crippen LogP contribution >= 0.6 is 11.6 Å². The molecule has 0 bridgehead atoms. The minimum Gasteiger partial charge on any atom is -0.467 e. The molecule has 4 heterocycles. The molecule has 0 atom stereocenters. The molecule has 0 radical (unpaired) electrons. The van der Waals surface area contributed by atoms with Crippen molar-refractivity contribution >= 4 is 28.3 Å². The van der Waals surface area contributed by atoms with Gasteiger partial charge in [0, 0.05) is 16.8 Å². The fourth-order valence-electron chi connectivity index (χ4n) is 3.32. The topological polar surface area (TPSA) is 78.2 Å². The molecule has 8 heteroatoms. The van der Waals surface area contributed by atoms with Crippen molar-refractivity contribution < 1.29 is 4.42 Å². The first kappa shape index (κ1) is 16.7. The monoisotopic (exact) mass is 391 g/mol. The number of aromatic nitrogens is 5. The second-order valence-electron chi connectivity index (χ2n) is 6.40. The molecule has 5 aromatic rings. The third-order valence-electron chi connectivity index (χ3n) is 4.54. The van der Waals surface area contributed by atoms with Gasteiger partial charge in [0.1, 0.15) is 11.6 Å². The predicted molar refractivity (Wildman–Crippen MR) is 106 cm³/mol. The van der Waals surface area contributed by atoms with Gasteiger partial charge in [-0.3, -0.25) is 4.79 Å². The van der Waals surface area contributed by atoms with Gasteiger partial charge in [-0.1, -0.05) is 29.8 Å². The molecule has 0 aliphatic carbocycles. The number of halogens is 1. The summed E-state index contributed by atoms with van der Waals surface area (Å²) in [5, 5.41) is 5.39. The Morgan fingerprint density at radius 2 is 1.96 bits per heavy atom. The molecule has 0 amide bonds. The highest BCUT2D eigenvalue weighted by molar-refractivity contribution is 6.33. The van der Waals surface area contributed by atoms with Gasteiger partial charge >= 0.3 is 0 Å². The average molecular weight is 392 g/mol. The van der Waals surface area contributed by atoms with E-state index in [4.69, 9.17) is 16.0 Å². The highest BCUT2D eigenvalue weighted by Gasteiger charge is 2.19. The first-order valence-electron chi connectivity index (χ1n) is 8.65. The van der Waals surface area contributed by atoms with Gasteiger partial charge in [0.25, 0.3) is 11.3 Å². The molecule has 0 unspecified atom stereocenters. The lowest BCUT2D eigenvalue weighted by atomic mass is 10.1. The molecule has 0 spiro atoms. The Hall–Kier alpha value is -3.45. The summed E-state index contributed by atoms with van der Waals surface area (Å²) in [4.78, 5) is 22.3. The van der Waals surface area contributed by atoms with E-state index < -0.39 is 0 Å². The van der Waals surface area contributed by atoms with Gasteiger partial charge in [0.05, 0.1) is 29.4 Å². The van der Waals surface area contributed by atoms with E-state index in [1.54, 1.807) is 46.7 Å². The van der Waals surface area contributed by atoms with E-state index in [2.05, 4.69) is 15.1 Å². The Kier molecular flexibility index (Phi) is 3.77. The summed E-state index contributed by atoms with van der Waals surface area (Å²) >= 11 is 6.47. The molecule has 0 saturated heterocycles. The molecule has 0 N–H and O–H groups in total. The van der Waals surface area contributed by atoms with Crippen LogP contribution in [0, 0.1) is 6.92 Å². The minimum atomic E-state index is -0.202. The van der Waals surface area contributed by atoms with Crippen molar-refractivity contribution in [3.05, 3.63) is 81.9 Å². The zero-order valence-electron chi connectivity index (χ0n) is 14.8. The van der Waals surface area contributed by atoms with Crippen LogP contribution in [0.5, 0.6) is 0 Å². The van der Waals surface area contributed by atoms with E-state index in [-0.39, 0.29) is 5.56 Å². The molecule has 1 aromatic carbocycles. The van der Waals surface area contributed by atoms with Gasteiger partial charge in [-0.2, -0.15) is 9.50 Å². The molecule has 0 saturated carbocycles. The molecule has 0 aliphatic rings. The summed E-state index contributed by atoms with van der Waals surface area (Å²) in [6, 6.07) is 12.8. The Morgan fingerprint density at radius 1 is 1.11 bits per heavy atom. The van der Waals surface area contributed by atoms with Crippen molar-refractivity contribution in [3.63, 3.8) is 0 Å². The maximum Gasteiger partial charge on any atom is 0.262 e. The van der Waals surface area contributed by atoms with Crippen LogP contribution in [0.3, 0.4) is 0 Å². The number of rotatable bonds is 3. The molecule has 0 fully saturated rings. The molecular weight excluding hydrogens is 378 g/mol. The van der Waals surface area contributed by atoms with Gasteiger partial charge in [-0.25, -0.2) is 4.98 Å². The lowest BCUT2D eigenvalue weighted by Gasteiger charge is -2.12. The Bertz CT molecular complexity index is 1390. The Balaban J connectivity index is 1.89. The van der Waals surface area contributed by atoms with E-state index in [1.807, 2.05) is 24.3 Å². The van der Waals surface area contributed by atoms with Gasteiger partial charge in [0.15, 0.2) is 0 Å². The summed E-state index contributed by atoms with van der Waals surface area (Å²) < 4.78 is 8.55. The maximum absolute atomic E-state index is 13.4. The Morgan fingerprint density at radius 3 is 2.75 bits per heavy atom. The van der Waals surface area contributed by atoms with Crippen LogP contribution in [-0.4, -0.2) is 24.1 Å². The van der Waals surface area contributed by atoms with Crippen LogP contribution in [0.25, 0.3) is 27.9 Å². The van der Waals surface area contributed by atoms with Crippen LogP contribution in [0.4, 0.5) is 0 Å². The van der Waals surface area contributed by atoms with Crippen molar-refractivity contribution in [2.24, 2.45) is 0 Å². The number of furan rings is 1. The molecular formula is C20H14ClN5O2. The summed E-state index contributed by atoms with van der Waals surface area (Å²) in [6.07, 6.45) is 3.29. The van der Waals surface area contributed by atoms with Crippen molar-refractivity contribution in [1.82, 2.24) is 24.1 Å². The number of nitrogens with zero attached hydrogens (tertiary/aromatic N) is 5. The van der Waals surface area contributed by atoms with Gasteiger partial charge < -0.3 is 8.98 Å². The van der Waals surface area contributed by atoms with E-state index in [9.17, 15) is 4.79 Å². The predicted octanol–water partition coefficient (Wildman–Crippen LogP) is 3.71. The first-order chi connectivity index (χ1) is 13.6. The van der Waals surface area contributed by atoms with E-state index in [1.165, 1.54) is 0 Å². The highest BCUT2D eigenvalue weighted by atomic mass is 35.5. The smallest absolute Gasteiger partial charge is 0.262 e. The summed E-state index contributed by atoms with van der Waals surface area (Å²) in [6.45, 7) is 2.10. The third-order valence-corrected chi connectivity index (χ3v) is 4.87. The summed E-state index contributed by atoms with van der Waals surface area (Å²) in [5.74, 6) is 1.67. The minimum absolute atomic E-state index is 0.202. The van der Waals surface area contributed by atoms with E-state index >= 15 is 0 Å². The lowest BCUT2D eigenvalue weighted by Crippen LogP contribution is -2.21. The third kappa shape index (κ3) is 2.59. The van der Waals surface area contributed by atoms with Crippen LogP contribution in [-0.2, 0) is 6.54 Å². The number of pyridine rings is 1. The fraction of sp³-hybridized carbons (Fsp3) is 0.100. The number of hydrogen-bond acceptors (Lipinski definition) is 5. The first-order valence-corrected chi connectivity index (χ1v) is 9.03. The molecule has 5 rings (SSSR count). The number of benzene rings is 1. The molecule has 4 aromatic heterocycles. The van der Waals surface area contributed by atoms with Crippen LogP contribution in [0.1, 0.15) is 11.6 Å². The zero-order valence-corrected chi connectivity index (χ0v) is 15.6. The van der Waals surface area contributed by atoms with E-state index in [0.717, 1.165) is 0 Å². The molecule has 7 nitrogen and oxygen atoms in total. The van der Waals surface area contributed by atoms with Crippen LogP contribution < -0.4 is 5.56 Å². The van der Waals surface area contributed by atoms with Crippen LogP contribution in [0.2, 0.25) is 5.02 Å². The number of aryl methyl sites for hydroxylation is 1. The van der Waals surface area contributed by atoms with Crippen LogP contribution in [0.15, 0.2) is 64.1 Å². The normalized spacial score (nSPS) is 11.5. The van der Waals surface area contributed by atoms with Crippen molar-refractivity contribution in [2.75, 3.05) is 0 Å². The largest absolute Gasteiger partial charge is 0.467 e. The van der Waals surface area contributed by atoms with Crippen molar-refractivity contribution in [2.45, 2.75) is 13.5 Å². The highest BCUT2D eigenvalue weighted by Crippen LogP contribution is 2.31. The Labute approximate surface area is 163 Å². The average Bonchev–Trinajstić information content (AvgIpc) is 3.31. The van der Waals surface area contributed by atoms with Gasteiger partial charge in [-0.15, -0.1) is 5.10 Å².